The monoisotopic (exact) mass is 335 g/mol. The number of nitrogens with zero attached hydrogens (tertiary/aromatic N) is 4. The predicted molar refractivity (Wildman–Crippen MR) is 98.0 cm³/mol. The van der Waals surface area contributed by atoms with Crippen molar-refractivity contribution in [2.75, 3.05) is 24.3 Å². The third-order valence-electron chi connectivity index (χ3n) is 4.74. The van der Waals surface area contributed by atoms with Crippen molar-refractivity contribution in [1.29, 1.82) is 0 Å². The lowest BCUT2D eigenvalue weighted by Crippen LogP contribution is -2.28. The van der Waals surface area contributed by atoms with Gasteiger partial charge in [0, 0.05) is 25.3 Å². The molecule has 0 saturated carbocycles. The van der Waals surface area contributed by atoms with E-state index < -0.39 is 0 Å². The molecule has 0 saturated heterocycles. The normalized spacial score (nSPS) is 19.1. The van der Waals surface area contributed by atoms with Crippen LogP contribution in [0.1, 0.15) is 29.6 Å². The molecule has 6 heteroatoms. The summed E-state index contributed by atoms with van der Waals surface area (Å²) >= 11 is 0. The number of hydrogen-bond acceptors (Lipinski definition) is 5. The SMILES string of the molecule is CN(C)c1ccc(C2CC(c3ccccc3O)Nc3ncnn32)cc1. The minimum absolute atomic E-state index is 0.0172. The van der Waals surface area contributed by atoms with Gasteiger partial charge in [0.25, 0.3) is 0 Å². The first-order valence-electron chi connectivity index (χ1n) is 8.34. The van der Waals surface area contributed by atoms with Crippen LogP contribution < -0.4 is 10.2 Å². The van der Waals surface area contributed by atoms with E-state index in [0.717, 1.165) is 23.6 Å². The maximum atomic E-state index is 10.2. The molecule has 0 fully saturated rings. The molecule has 128 valence electrons. The van der Waals surface area contributed by atoms with Crippen LogP contribution >= 0.6 is 0 Å². The van der Waals surface area contributed by atoms with Crippen LogP contribution in [0.2, 0.25) is 0 Å². The van der Waals surface area contributed by atoms with Gasteiger partial charge in [0.2, 0.25) is 5.95 Å². The van der Waals surface area contributed by atoms with E-state index in [1.807, 2.05) is 37.0 Å². The van der Waals surface area contributed by atoms with E-state index in [-0.39, 0.29) is 12.1 Å². The Morgan fingerprint density at radius 1 is 1.12 bits per heavy atom. The van der Waals surface area contributed by atoms with Gasteiger partial charge >= 0.3 is 0 Å². The third kappa shape index (κ3) is 2.80. The number of rotatable bonds is 3. The van der Waals surface area contributed by atoms with E-state index in [0.29, 0.717) is 5.75 Å². The van der Waals surface area contributed by atoms with Crippen LogP contribution in [0.15, 0.2) is 54.9 Å². The first-order valence-corrected chi connectivity index (χ1v) is 8.34. The predicted octanol–water partition coefficient (Wildman–Crippen LogP) is 3.20. The van der Waals surface area contributed by atoms with E-state index in [1.54, 1.807) is 12.4 Å². The zero-order chi connectivity index (χ0) is 17.4. The Morgan fingerprint density at radius 2 is 1.88 bits per heavy atom. The molecule has 6 nitrogen and oxygen atoms in total. The number of para-hydroxylation sites is 1. The second-order valence-corrected chi connectivity index (χ2v) is 6.52. The highest BCUT2D eigenvalue weighted by atomic mass is 16.3. The molecule has 2 atom stereocenters. The van der Waals surface area contributed by atoms with E-state index >= 15 is 0 Å². The molecule has 2 N–H and O–H groups in total. The summed E-state index contributed by atoms with van der Waals surface area (Å²) in [5.41, 5.74) is 3.22. The fraction of sp³-hybridized carbons (Fsp3) is 0.263. The fourth-order valence-electron chi connectivity index (χ4n) is 3.38. The second kappa shape index (κ2) is 6.12. The molecule has 2 unspecified atom stereocenters. The van der Waals surface area contributed by atoms with Gasteiger partial charge in [0.1, 0.15) is 12.1 Å². The standard InChI is InChI=1S/C19H21N5O/c1-23(2)14-9-7-13(8-10-14)17-11-16(15-5-3-4-6-18(15)25)22-19-20-12-21-24(17)19/h3-10,12,16-17,25H,11H2,1-2H3,(H,20,21,22). The molecular formula is C19H21N5O. The first kappa shape index (κ1) is 15.5. The molecular weight excluding hydrogens is 314 g/mol. The summed E-state index contributed by atoms with van der Waals surface area (Å²) in [4.78, 5) is 6.42. The average molecular weight is 335 g/mol. The van der Waals surface area contributed by atoms with E-state index in [1.165, 1.54) is 5.56 Å². The highest BCUT2D eigenvalue weighted by molar-refractivity contribution is 5.48. The molecule has 0 bridgehead atoms. The van der Waals surface area contributed by atoms with Crippen molar-refractivity contribution in [1.82, 2.24) is 14.8 Å². The van der Waals surface area contributed by atoms with Gasteiger partial charge in [0.15, 0.2) is 0 Å². The first-order chi connectivity index (χ1) is 12.1. The molecule has 0 spiro atoms. The quantitative estimate of drug-likeness (QED) is 0.769. The summed E-state index contributed by atoms with van der Waals surface area (Å²) in [6.45, 7) is 0. The Hall–Kier alpha value is -3.02. The minimum atomic E-state index is -0.0172. The van der Waals surface area contributed by atoms with Crippen molar-refractivity contribution < 1.29 is 5.11 Å². The molecule has 2 heterocycles. The summed E-state index contributed by atoms with van der Waals surface area (Å²) in [7, 11) is 4.06. The van der Waals surface area contributed by atoms with Crippen LogP contribution in [0, 0.1) is 0 Å². The lowest BCUT2D eigenvalue weighted by atomic mass is 9.93. The Balaban J connectivity index is 1.71. The summed E-state index contributed by atoms with van der Waals surface area (Å²) in [6, 6.07) is 16.0. The van der Waals surface area contributed by atoms with E-state index in [4.69, 9.17) is 0 Å². The van der Waals surface area contributed by atoms with Gasteiger partial charge in [-0.15, -0.1) is 0 Å². The lowest BCUT2D eigenvalue weighted by molar-refractivity contribution is 0.414. The lowest BCUT2D eigenvalue weighted by Gasteiger charge is -2.32. The number of phenols is 1. The van der Waals surface area contributed by atoms with Crippen LogP contribution in [-0.2, 0) is 0 Å². The Bertz CT molecular complexity index is 872. The molecule has 1 aromatic heterocycles. The molecule has 1 aliphatic heterocycles. The summed E-state index contributed by atoms with van der Waals surface area (Å²) < 4.78 is 1.92. The third-order valence-corrected chi connectivity index (χ3v) is 4.74. The van der Waals surface area contributed by atoms with Gasteiger partial charge in [-0.05, 0) is 30.2 Å². The molecule has 1 aliphatic rings. The Labute approximate surface area is 146 Å². The number of aromatic hydroxyl groups is 1. The molecule has 0 radical (unpaired) electrons. The van der Waals surface area contributed by atoms with Gasteiger partial charge in [-0.2, -0.15) is 10.1 Å². The summed E-state index contributed by atoms with van der Waals surface area (Å²) in [6.07, 6.45) is 2.35. The zero-order valence-corrected chi connectivity index (χ0v) is 14.3. The van der Waals surface area contributed by atoms with Crippen molar-refractivity contribution in [2.45, 2.75) is 18.5 Å². The number of nitrogens with one attached hydrogen (secondary N) is 1. The van der Waals surface area contributed by atoms with Crippen LogP contribution in [0.4, 0.5) is 11.6 Å². The van der Waals surface area contributed by atoms with Crippen molar-refractivity contribution in [3.63, 3.8) is 0 Å². The number of hydrogen-bond donors (Lipinski definition) is 2. The highest BCUT2D eigenvalue weighted by Crippen LogP contribution is 2.39. The summed E-state index contributed by atoms with van der Waals surface area (Å²) in [5.74, 6) is 1.02. The van der Waals surface area contributed by atoms with Gasteiger partial charge in [-0.1, -0.05) is 30.3 Å². The number of fused-ring (bicyclic) bond motifs is 1. The fourth-order valence-corrected chi connectivity index (χ4v) is 3.38. The van der Waals surface area contributed by atoms with Gasteiger partial charge in [0.05, 0.1) is 12.1 Å². The Morgan fingerprint density at radius 3 is 2.60 bits per heavy atom. The molecule has 2 aromatic carbocycles. The van der Waals surface area contributed by atoms with Gasteiger partial charge < -0.3 is 15.3 Å². The molecule has 3 aromatic rings. The second-order valence-electron chi connectivity index (χ2n) is 6.52. The van der Waals surface area contributed by atoms with E-state index in [2.05, 4.69) is 44.6 Å². The van der Waals surface area contributed by atoms with Crippen molar-refractivity contribution in [3.05, 3.63) is 66.0 Å². The van der Waals surface area contributed by atoms with Crippen molar-refractivity contribution >= 4 is 11.6 Å². The smallest absolute Gasteiger partial charge is 0.222 e. The van der Waals surface area contributed by atoms with Crippen LogP contribution in [0.5, 0.6) is 5.75 Å². The number of anilines is 2. The maximum Gasteiger partial charge on any atom is 0.222 e. The van der Waals surface area contributed by atoms with Crippen LogP contribution in [-0.4, -0.2) is 34.0 Å². The zero-order valence-electron chi connectivity index (χ0n) is 14.3. The van der Waals surface area contributed by atoms with Crippen LogP contribution in [0.3, 0.4) is 0 Å². The number of phenolic OH excluding ortho intramolecular Hbond substituents is 1. The Kier molecular flexibility index (Phi) is 3.80. The molecule has 25 heavy (non-hydrogen) atoms. The number of aromatic nitrogens is 3. The average Bonchev–Trinajstić information content (AvgIpc) is 3.10. The van der Waals surface area contributed by atoms with Crippen LogP contribution in [0.25, 0.3) is 0 Å². The summed E-state index contributed by atoms with van der Waals surface area (Å²) in [5, 5.41) is 18.0. The molecule has 4 rings (SSSR count). The topological polar surface area (TPSA) is 66.2 Å². The molecule has 0 amide bonds. The molecule has 0 aliphatic carbocycles. The largest absolute Gasteiger partial charge is 0.508 e. The van der Waals surface area contributed by atoms with Gasteiger partial charge in [-0.3, -0.25) is 0 Å². The minimum Gasteiger partial charge on any atom is -0.508 e. The highest BCUT2D eigenvalue weighted by Gasteiger charge is 2.30. The number of benzene rings is 2. The maximum absolute atomic E-state index is 10.2. The van der Waals surface area contributed by atoms with E-state index in [9.17, 15) is 5.11 Å². The van der Waals surface area contributed by atoms with Gasteiger partial charge in [-0.25, -0.2) is 4.68 Å². The van der Waals surface area contributed by atoms with Crippen molar-refractivity contribution in [2.24, 2.45) is 0 Å². The van der Waals surface area contributed by atoms with Crippen molar-refractivity contribution in [3.8, 4) is 5.75 Å².